The van der Waals surface area contributed by atoms with Gasteiger partial charge in [0, 0.05) is 24.6 Å². The van der Waals surface area contributed by atoms with Crippen molar-refractivity contribution in [3.63, 3.8) is 0 Å². The number of hydrogen-bond donors (Lipinski definition) is 1. The van der Waals surface area contributed by atoms with Gasteiger partial charge in [-0.15, -0.1) is 11.8 Å². The van der Waals surface area contributed by atoms with E-state index in [0.717, 1.165) is 11.3 Å². The van der Waals surface area contributed by atoms with Crippen LogP contribution in [0, 0.1) is 0 Å². The first-order valence-corrected chi connectivity index (χ1v) is 9.04. The molecule has 1 N–H and O–H groups in total. The van der Waals surface area contributed by atoms with E-state index in [2.05, 4.69) is 0 Å². The van der Waals surface area contributed by atoms with Gasteiger partial charge in [0.15, 0.2) is 0 Å². The summed E-state index contributed by atoms with van der Waals surface area (Å²) in [5, 5.41) is 9.15. The Kier molecular flexibility index (Phi) is 5.78. The van der Waals surface area contributed by atoms with Crippen LogP contribution >= 0.6 is 11.8 Å². The third-order valence-corrected chi connectivity index (χ3v) is 5.04. The predicted octanol–water partition coefficient (Wildman–Crippen LogP) is 3.13. The van der Waals surface area contributed by atoms with Crippen molar-refractivity contribution in [2.45, 2.75) is 17.1 Å². The van der Waals surface area contributed by atoms with E-state index in [1.807, 2.05) is 23.1 Å². The average molecular weight is 361 g/mol. The van der Waals surface area contributed by atoms with Crippen LogP contribution in [0.1, 0.15) is 32.9 Å². The molecule has 1 fully saturated rings. The van der Waals surface area contributed by atoms with Gasteiger partial charge in [0.2, 0.25) is 0 Å². The van der Waals surface area contributed by atoms with E-state index >= 15 is 0 Å². The van der Waals surface area contributed by atoms with Gasteiger partial charge >= 0.3 is 5.97 Å². The molecule has 1 saturated heterocycles. The largest absolute Gasteiger partial charge is 0.478 e. The number of aromatic carboxylic acids is 1. The molecule has 6 nitrogen and oxygen atoms in total. The van der Waals surface area contributed by atoms with Crippen LogP contribution in [-0.4, -0.2) is 48.2 Å². The topological polar surface area (TPSA) is 80.0 Å². The van der Waals surface area contributed by atoms with Gasteiger partial charge in [-0.3, -0.25) is 4.79 Å². The Bertz CT molecular complexity index is 749. The van der Waals surface area contributed by atoms with E-state index in [0.29, 0.717) is 43.4 Å². The number of hydrogen-bond acceptors (Lipinski definition) is 5. The maximum absolute atomic E-state index is 12.8. The maximum atomic E-state index is 12.8. The summed E-state index contributed by atoms with van der Waals surface area (Å²) in [7, 11) is 0. The number of nitrogens with zero attached hydrogens (tertiary/aromatic N) is 1. The summed E-state index contributed by atoms with van der Waals surface area (Å²) < 4.78 is 10.7. The molecular formula is C18H19NO5S. The Morgan fingerprint density at radius 2 is 1.96 bits per heavy atom. The van der Waals surface area contributed by atoms with Gasteiger partial charge in [-0.05, 0) is 24.6 Å². The van der Waals surface area contributed by atoms with Crippen LogP contribution in [0.3, 0.4) is 0 Å². The van der Waals surface area contributed by atoms with Crippen molar-refractivity contribution in [2.75, 3.05) is 26.3 Å². The molecule has 0 spiro atoms. The van der Waals surface area contributed by atoms with E-state index in [-0.39, 0.29) is 11.5 Å². The Hall–Kier alpha value is -2.25. The van der Waals surface area contributed by atoms with E-state index in [9.17, 15) is 9.59 Å². The summed E-state index contributed by atoms with van der Waals surface area (Å²) in [5.74, 6) is -0.296. The van der Waals surface area contributed by atoms with E-state index in [1.165, 1.54) is 24.1 Å². The van der Waals surface area contributed by atoms with Crippen molar-refractivity contribution in [1.29, 1.82) is 0 Å². The highest BCUT2D eigenvalue weighted by molar-refractivity contribution is 7.98. The van der Waals surface area contributed by atoms with Gasteiger partial charge in [0.05, 0.1) is 24.2 Å². The molecule has 1 aliphatic rings. The van der Waals surface area contributed by atoms with Crippen LogP contribution < -0.4 is 0 Å². The van der Waals surface area contributed by atoms with Crippen molar-refractivity contribution in [3.05, 3.63) is 53.5 Å². The minimum Gasteiger partial charge on any atom is -0.478 e. The first kappa shape index (κ1) is 17.6. The van der Waals surface area contributed by atoms with Crippen molar-refractivity contribution < 1.29 is 23.8 Å². The first-order chi connectivity index (χ1) is 12.2. The summed E-state index contributed by atoms with van der Waals surface area (Å²) in [6.07, 6.45) is 2.20. The fourth-order valence-corrected chi connectivity index (χ4v) is 3.67. The number of rotatable bonds is 5. The second kappa shape index (κ2) is 8.22. The van der Waals surface area contributed by atoms with E-state index in [4.69, 9.17) is 14.3 Å². The molecule has 2 aromatic rings. The third-order valence-electron chi connectivity index (χ3n) is 3.96. The Morgan fingerprint density at radius 1 is 1.12 bits per heavy atom. The molecule has 0 aliphatic carbocycles. The van der Waals surface area contributed by atoms with Crippen molar-refractivity contribution in [3.8, 4) is 0 Å². The molecule has 1 aromatic carbocycles. The number of carboxylic acid groups (broad SMARTS) is 1. The van der Waals surface area contributed by atoms with Gasteiger partial charge in [-0.1, -0.05) is 12.1 Å². The highest BCUT2D eigenvalue weighted by Gasteiger charge is 2.21. The molecule has 1 amide bonds. The number of amides is 1. The lowest BCUT2D eigenvalue weighted by molar-refractivity contribution is 0.0693. The summed E-state index contributed by atoms with van der Waals surface area (Å²) in [4.78, 5) is 26.6. The van der Waals surface area contributed by atoms with Gasteiger partial charge in [0.25, 0.3) is 5.91 Å². The third kappa shape index (κ3) is 4.24. The standard InChI is InChI=1S/C18H19NO5S/c20-17(19-7-3-9-23-11-8-19)14-4-1-2-5-16(14)25-12-15-13(18(21)22)6-10-24-15/h1-2,4-6,10H,3,7-9,11-12H2,(H,21,22). The predicted molar refractivity (Wildman–Crippen MR) is 93.0 cm³/mol. The van der Waals surface area contributed by atoms with Crippen LogP contribution in [0.15, 0.2) is 45.9 Å². The summed E-state index contributed by atoms with van der Waals surface area (Å²) in [6, 6.07) is 8.81. The summed E-state index contributed by atoms with van der Waals surface area (Å²) in [6.45, 7) is 2.49. The highest BCUT2D eigenvalue weighted by atomic mass is 32.2. The molecule has 2 heterocycles. The van der Waals surface area contributed by atoms with Crippen molar-refractivity contribution in [2.24, 2.45) is 0 Å². The van der Waals surface area contributed by atoms with Crippen LogP contribution in [0.4, 0.5) is 0 Å². The quantitative estimate of drug-likeness (QED) is 0.824. The lowest BCUT2D eigenvalue weighted by Crippen LogP contribution is -2.33. The first-order valence-electron chi connectivity index (χ1n) is 8.05. The van der Waals surface area contributed by atoms with Gasteiger partial charge < -0.3 is 19.2 Å². The number of furan rings is 1. The Morgan fingerprint density at radius 3 is 2.80 bits per heavy atom. The molecule has 1 aromatic heterocycles. The molecule has 0 unspecified atom stereocenters. The van der Waals surface area contributed by atoms with Crippen molar-refractivity contribution in [1.82, 2.24) is 4.90 Å². The lowest BCUT2D eigenvalue weighted by Gasteiger charge is -2.21. The highest BCUT2D eigenvalue weighted by Crippen LogP contribution is 2.29. The zero-order valence-corrected chi connectivity index (χ0v) is 14.5. The number of thioether (sulfide) groups is 1. The number of benzene rings is 1. The number of carbonyl (C=O) groups excluding carboxylic acids is 1. The van der Waals surface area contributed by atoms with Crippen LogP contribution in [0.2, 0.25) is 0 Å². The molecule has 0 bridgehead atoms. The van der Waals surface area contributed by atoms with Crippen LogP contribution in [0.5, 0.6) is 0 Å². The van der Waals surface area contributed by atoms with Gasteiger partial charge in [0.1, 0.15) is 11.3 Å². The number of ether oxygens (including phenoxy) is 1. The molecule has 0 radical (unpaired) electrons. The van der Waals surface area contributed by atoms with Crippen LogP contribution in [-0.2, 0) is 10.5 Å². The van der Waals surface area contributed by atoms with E-state index in [1.54, 1.807) is 6.07 Å². The van der Waals surface area contributed by atoms with E-state index < -0.39 is 5.97 Å². The SMILES string of the molecule is O=C(O)c1ccoc1CSc1ccccc1C(=O)N1CCCOCC1. The fraction of sp³-hybridized carbons (Fsp3) is 0.333. The molecule has 1 aliphatic heterocycles. The molecule has 0 saturated carbocycles. The van der Waals surface area contributed by atoms with Gasteiger partial charge in [-0.25, -0.2) is 4.79 Å². The normalized spacial score (nSPS) is 15.0. The zero-order valence-electron chi connectivity index (χ0n) is 13.6. The smallest absolute Gasteiger partial charge is 0.339 e. The number of carbonyl (C=O) groups is 2. The molecule has 25 heavy (non-hydrogen) atoms. The second-order valence-electron chi connectivity index (χ2n) is 5.61. The van der Waals surface area contributed by atoms with Gasteiger partial charge in [-0.2, -0.15) is 0 Å². The monoisotopic (exact) mass is 361 g/mol. The minimum atomic E-state index is -1.02. The lowest BCUT2D eigenvalue weighted by atomic mass is 10.2. The Balaban J connectivity index is 1.75. The molecule has 7 heteroatoms. The Labute approximate surface area is 149 Å². The maximum Gasteiger partial charge on any atom is 0.339 e. The number of carboxylic acids is 1. The molecule has 0 atom stereocenters. The second-order valence-corrected chi connectivity index (χ2v) is 6.62. The summed E-state index contributed by atoms with van der Waals surface area (Å²) in [5.41, 5.74) is 0.777. The molecule has 132 valence electrons. The summed E-state index contributed by atoms with van der Waals surface area (Å²) >= 11 is 1.40. The zero-order chi connectivity index (χ0) is 17.6. The van der Waals surface area contributed by atoms with Crippen LogP contribution in [0.25, 0.3) is 0 Å². The minimum absolute atomic E-state index is 0.0218. The molecular weight excluding hydrogens is 342 g/mol. The molecule has 3 rings (SSSR count). The fourth-order valence-electron chi connectivity index (χ4n) is 2.67. The van der Waals surface area contributed by atoms with Crippen molar-refractivity contribution >= 4 is 23.6 Å². The average Bonchev–Trinajstić information content (AvgIpc) is 2.93.